The first-order valence-corrected chi connectivity index (χ1v) is 9.58. The summed E-state index contributed by atoms with van der Waals surface area (Å²) in [4.78, 5) is 28.3. The van der Waals surface area contributed by atoms with E-state index in [1.165, 1.54) is 11.8 Å². The fourth-order valence-electron chi connectivity index (χ4n) is 2.42. The predicted octanol–water partition coefficient (Wildman–Crippen LogP) is 2.18. The number of carbonyl (C=O) groups is 2. The number of hydrogen-bond donors (Lipinski definition) is 2. The number of carbonyl (C=O) groups excluding carboxylic acids is 2. The van der Waals surface area contributed by atoms with Crippen LogP contribution in [-0.2, 0) is 18.4 Å². The average Bonchev–Trinajstić information content (AvgIpc) is 3.05. The first kappa shape index (κ1) is 19.6. The molecule has 0 atom stereocenters. The van der Waals surface area contributed by atoms with Gasteiger partial charge in [-0.15, -0.1) is 10.2 Å². The molecule has 0 aliphatic rings. The molecule has 2 heterocycles. The Balaban J connectivity index is 1.52. The zero-order valence-electron chi connectivity index (χ0n) is 15.5. The van der Waals surface area contributed by atoms with Gasteiger partial charge in [0.15, 0.2) is 11.0 Å². The van der Waals surface area contributed by atoms with Crippen molar-refractivity contribution in [2.45, 2.75) is 18.6 Å². The molecule has 0 saturated carbocycles. The Hall–Kier alpha value is -3.20. The molecule has 0 unspecified atom stereocenters. The molecule has 2 aromatic heterocycles. The number of rotatable bonds is 7. The number of aryl methyl sites for hydroxylation is 1. The van der Waals surface area contributed by atoms with Gasteiger partial charge in [0.1, 0.15) is 5.82 Å². The molecule has 8 nitrogen and oxygen atoms in total. The van der Waals surface area contributed by atoms with Gasteiger partial charge < -0.3 is 15.2 Å². The van der Waals surface area contributed by atoms with E-state index in [9.17, 15) is 9.59 Å². The van der Waals surface area contributed by atoms with Crippen LogP contribution in [0.5, 0.6) is 0 Å². The van der Waals surface area contributed by atoms with E-state index in [0.717, 1.165) is 5.56 Å². The fraction of sp³-hybridized carbons (Fsp3) is 0.211. The molecule has 3 aromatic rings. The van der Waals surface area contributed by atoms with Gasteiger partial charge in [0.25, 0.3) is 5.91 Å². The highest BCUT2D eigenvalue weighted by molar-refractivity contribution is 7.99. The third-order valence-corrected chi connectivity index (χ3v) is 4.90. The molecule has 0 fully saturated rings. The molecule has 28 heavy (non-hydrogen) atoms. The highest BCUT2D eigenvalue weighted by Gasteiger charge is 2.13. The Morgan fingerprint density at radius 2 is 2.00 bits per heavy atom. The molecule has 2 amide bonds. The highest BCUT2D eigenvalue weighted by Crippen LogP contribution is 2.16. The molecule has 3 rings (SSSR count). The summed E-state index contributed by atoms with van der Waals surface area (Å²) in [6, 6.07) is 12.7. The smallest absolute Gasteiger partial charge is 0.251 e. The number of benzene rings is 1. The molecular formula is C19H20N6O2S. The number of anilines is 1. The Morgan fingerprint density at radius 3 is 2.75 bits per heavy atom. The zero-order chi connectivity index (χ0) is 19.9. The van der Waals surface area contributed by atoms with Crippen LogP contribution < -0.4 is 10.6 Å². The lowest BCUT2D eigenvalue weighted by molar-refractivity contribution is -0.113. The third kappa shape index (κ3) is 5.17. The quantitative estimate of drug-likeness (QED) is 0.594. The second-order valence-electron chi connectivity index (χ2n) is 6.06. The lowest BCUT2D eigenvalue weighted by Gasteiger charge is -2.07. The van der Waals surface area contributed by atoms with Crippen molar-refractivity contribution in [3.8, 4) is 0 Å². The van der Waals surface area contributed by atoms with E-state index in [0.29, 0.717) is 22.4 Å². The Morgan fingerprint density at radius 1 is 1.14 bits per heavy atom. The van der Waals surface area contributed by atoms with Crippen molar-refractivity contribution in [1.82, 2.24) is 25.1 Å². The van der Waals surface area contributed by atoms with Crippen molar-refractivity contribution in [3.05, 3.63) is 65.6 Å². The fourth-order valence-corrected chi connectivity index (χ4v) is 3.15. The number of hydrogen-bond acceptors (Lipinski definition) is 6. The van der Waals surface area contributed by atoms with Gasteiger partial charge in [-0.2, -0.15) is 0 Å². The summed E-state index contributed by atoms with van der Waals surface area (Å²) in [7, 11) is 1.80. The van der Waals surface area contributed by atoms with Crippen molar-refractivity contribution in [2.24, 2.45) is 7.05 Å². The number of aromatic nitrogens is 4. The van der Waals surface area contributed by atoms with Crippen LogP contribution in [0.15, 0.2) is 53.8 Å². The van der Waals surface area contributed by atoms with Crippen molar-refractivity contribution >= 4 is 29.4 Å². The van der Waals surface area contributed by atoms with E-state index >= 15 is 0 Å². The van der Waals surface area contributed by atoms with E-state index in [-0.39, 0.29) is 24.1 Å². The van der Waals surface area contributed by atoms with E-state index < -0.39 is 0 Å². The summed E-state index contributed by atoms with van der Waals surface area (Å²) in [5.41, 5.74) is 1.62. The maximum absolute atomic E-state index is 12.2. The van der Waals surface area contributed by atoms with Crippen LogP contribution in [0, 0.1) is 6.92 Å². The van der Waals surface area contributed by atoms with Crippen LogP contribution in [0.3, 0.4) is 0 Å². The lowest BCUT2D eigenvalue weighted by atomic mass is 10.1. The number of nitrogens with one attached hydrogen (secondary N) is 2. The number of pyridine rings is 1. The molecule has 0 spiro atoms. The summed E-state index contributed by atoms with van der Waals surface area (Å²) in [5, 5.41) is 14.3. The standard InChI is InChI=1S/C19H20N6O2S/c1-13-6-5-7-14(10-13)18(27)21-11-16-23-24-19(25(16)2)28-12-17(26)22-15-8-3-4-9-20-15/h3-10H,11-12H2,1-2H3,(H,21,27)(H,20,22,26). The molecule has 0 bridgehead atoms. The minimum atomic E-state index is -0.180. The van der Waals surface area contributed by atoms with Crippen LogP contribution in [-0.4, -0.2) is 37.3 Å². The first-order valence-electron chi connectivity index (χ1n) is 8.60. The SMILES string of the molecule is Cc1cccc(C(=O)NCc2nnc(SCC(=O)Nc3ccccn3)n2C)c1. The van der Waals surface area contributed by atoms with Gasteiger partial charge in [-0.05, 0) is 31.2 Å². The van der Waals surface area contributed by atoms with Gasteiger partial charge in [0, 0.05) is 18.8 Å². The van der Waals surface area contributed by atoms with Gasteiger partial charge in [0.05, 0.1) is 12.3 Å². The minimum absolute atomic E-state index is 0.171. The van der Waals surface area contributed by atoms with Crippen LogP contribution in [0.1, 0.15) is 21.7 Å². The summed E-state index contributed by atoms with van der Waals surface area (Å²) < 4.78 is 1.76. The van der Waals surface area contributed by atoms with Crippen molar-refractivity contribution < 1.29 is 9.59 Å². The normalized spacial score (nSPS) is 10.5. The number of thioether (sulfide) groups is 1. The van der Waals surface area contributed by atoms with E-state index in [1.807, 2.05) is 25.1 Å². The monoisotopic (exact) mass is 396 g/mol. The highest BCUT2D eigenvalue weighted by atomic mass is 32.2. The first-order chi connectivity index (χ1) is 13.5. The van der Waals surface area contributed by atoms with Gasteiger partial charge in [0.2, 0.25) is 5.91 Å². The van der Waals surface area contributed by atoms with E-state index in [2.05, 4.69) is 25.8 Å². The second kappa shape index (κ2) is 9.14. The average molecular weight is 396 g/mol. The Labute approximate surface area is 166 Å². The van der Waals surface area contributed by atoms with E-state index in [1.54, 1.807) is 42.1 Å². The minimum Gasteiger partial charge on any atom is -0.345 e. The molecule has 0 aliphatic heterocycles. The molecular weight excluding hydrogens is 376 g/mol. The van der Waals surface area contributed by atoms with Crippen molar-refractivity contribution in [2.75, 3.05) is 11.1 Å². The van der Waals surface area contributed by atoms with Crippen molar-refractivity contribution in [3.63, 3.8) is 0 Å². The lowest BCUT2D eigenvalue weighted by Crippen LogP contribution is -2.24. The molecule has 1 aromatic carbocycles. The number of amides is 2. The Kier molecular flexibility index (Phi) is 6.38. The third-order valence-electron chi connectivity index (χ3n) is 3.88. The maximum atomic E-state index is 12.2. The molecule has 2 N–H and O–H groups in total. The van der Waals surface area contributed by atoms with Gasteiger partial charge in [-0.3, -0.25) is 9.59 Å². The topological polar surface area (TPSA) is 102 Å². The second-order valence-corrected chi connectivity index (χ2v) is 7.00. The van der Waals surface area contributed by atoms with Crippen LogP contribution >= 0.6 is 11.8 Å². The Bertz CT molecular complexity index is 974. The van der Waals surface area contributed by atoms with Crippen LogP contribution in [0.2, 0.25) is 0 Å². The summed E-state index contributed by atoms with van der Waals surface area (Å²) in [6.07, 6.45) is 1.61. The van der Waals surface area contributed by atoms with Crippen LogP contribution in [0.4, 0.5) is 5.82 Å². The van der Waals surface area contributed by atoms with Gasteiger partial charge >= 0.3 is 0 Å². The molecule has 9 heteroatoms. The summed E-state index contributed by atoms with van der Waals surface area (Å²) >= 11 is 1.26. The zero-order valence-corrected chi connectivity index (χ0v) is 16.4. The largest absolute Gasteiger partial charge is 0.345 e. The van der Waals surface area contributed by atoms with Gasteiger partial charge in [-0.25, -0.2) is 4.98 Å². The molecule has 0 aliphatic carbocycles. The molecule has 144 valence electrons. The van der Waals surface area contributed by atoms with Gasteiger partial charge in [-0.1, -0.05) is 35.5 Å². The molecule has 0 radical (unpaired) electrons. The number of nitrogens with zero attached hydrogens (tertiary/aromatic N) is 4. The predicted molar refractivity (Wildman–Crippen MR) is 107 cm³/mol. The maximum Gasteiger partial charge on any atom is 0.251 e. The van der Waals surface area contributed by atoms with E-state index in [4.69, 9.17) is 0 Å². The van der Waals surface area contributed by atoms with Crippen LogP contribution in [0.25, 0.3) is 0 Å². The molecule has 0 saturated heterocycles. The summed E-state index contributed by atoms with van der Waals surface area (Å²) in [5.74, 6) is 0.939. The van der Waals surface area contributed by atoms with Crippen molar-refractivity contribution in [1.29, 1.82) is 0 Å². The summed E-state index contributed by atoms with van der Waals surface area (Å²) in [6.45, 7) is 2.18.